The summed E-state index contributed by atoms with van der Waals surface area (Å²) in [5.41, 5.74) is 2.74. The number of rotatable bonds is 14. The Morgan fingerprint density at radius 3 is 2.46 bits per heavy atom. The number of likely N-dealkylation sites (tertiary alicyclic amines) is 2. The molecule has 4 rings (SSSR count). The number of anilines is 1. The van der Waals surface area contributed by atoms with Crippen molar-refractivity contribution in [1.29, 1.82) is 0 Å². The van der Waals surface area contributed by atoms with Crippen LogP contribution in [0.3, 0.4) is 0 Å². The number of hydrogen-bond donors (Lipinski definition) is 3. The average molecular weight is 565 g/mol. The van der Waals surface area contributed by atoms with E-state index < -0.39 is 6.09 Å². The van der Waals surface area contributed by atoms with E-state index in [9.17, 15) is 14.7 Å². The number of carbonyl (C=O) groups is 2. The number of unbranched alkanes of at least 4 members (excludes halogenated alkanes) is 2. The quantitative estimate of drug-likeness (QED) is 0.270. The molecule has 41 heavy (non-hydrogen) atoms. The van der Waals surface area contributed by atoms with Gasteiger partial charge in [-0.25, -0.2) is 4.79 Å². The molecule has 2 heterocycles. The fourth-order valence-electron chi connectivity index (χ4n) is 6.03. The van der Waals surface area contributed by atoms with E-state index >= 15 is 0 Å². The van der Waals surface area contributed by atoms with E-state index in [0.29, 0.717) is 12.5 Å². The highest BCUT2D eigenvalue weighted by Gasteiger charge is 2.23. The number of carbonyl (C=O) groups excluding carboxylic acids is 2. The number of nitrogens with zero attached hydrogens (tertiary/aromatic N) is 2. The van der Waals surface area contributed by atoms with Gasteiger partial charge in [0.15, 0.2) is 0 Å². The lowest BCUT2D eigenvalue weighted by atomic mass is 9.99. The van der Waals surface area contributed by atoms with Crippen molar-refractivity contribution in [3.63, 3.8) is 0 Å². The van der Waals surface area contributed by atoms with Crippen molar-refractivity contribution in [2.75, 3.05) is 51.2 Å². The Labute approximate surface area is 245 Å². The summed E-state index contributed by atoms with van der Waals surface area (Å²) in [7, 11) is 0. The number of ether oxygens (including phenoxy) is 1. The second-order valence-electron chi connectivity index (χ2n) is 11.3. The van der Waals surface area contributed by atoms with Gasteiger partial charge >= 0.3 is 6.09 Å². The molecule has 0 aromatic heterocycles. The molecule has 2 aromatic rings. The lowest BCUT2D eigenvalue weighted by Crippen LogP contribution is -2.40. The zero-order valence-corrected chi connectivity index (χ0v) is 24.4. The molecule has 0 bridgehead atoms. The van der Waals surface area contributed by atoms with Crippen molar-refractivity contribution < 1.29 is 19.4 Å². The third-order valence-electron chi connectivity index (χ3n) is 8.37. The molecule has 2 saturated heterocycles. The van der Waals surface area contributed by atoms with Gasteiger partial charge in [0.25, 0.3) is 0 Å². The maximum Gasteiger partial charge on any atom is 0.411 e. The third kappa shape index (κ3) is 10.4. The van der Waals surface area contributed by atoms with E-state index in [4.69, 9.17) is 4.74 Å². The van der Waals surface area contributed by atoms with E-state index in [-0.39, 0.29) is 18.6 Å². The summed E-state index contributed by atoms with van der Waals surface area (Å²) in [5, 5.41) is 15.3. The summed E-state index contributed by atoms with van der Waals surface area (Å²) < 4.78 is 5.73. The number of amides is 2. The highest BCUT2D eigenvalue weighted by molar-refractivity contribution is 5.91. The van der Waals surface area contributed by atoms with Gasteiger partial charge in [0.1, 0.15) is 6.10 Å². The molecule has 3 N–H and O–H groups in total. The lowest BCUT2D eigenvalue weighted by molar-refractivity contribution is -0.121. The highest BCUT2D eigenvalue weighted by Crippen LogP contribution is 2.28. The largest absolute Gasteiger partial charge is 0.446 e. The first-order valence-corrected chi connectivity index (χ1v) is 15.6. The molecule has 1 atom stereocenters. The fourth-order valence-corrected chi connectivity index (χ4v) is 6.03. The average Bonchev–Trinajstić information content (AvgIpc) is 3.00. The molecule has 0 spiro atoms. The lowest BCUT2D eigenvalue weighted by Gasteiger charge is -2.35. The summed E-state index contributed by atoms with van der Waals surface area (Å²) in [6, 6.07) is 18.3. The number of para-hydroxylation sites is 1. The number of aliphatic hydroxyl groups excluding tert-OH is 1. The molecule has 2 aliphatic rings. The minimum atomic E-state index is -0.424. The van der Waals surface area contributed by atoms with Crippen LogP contribution in [0.5, 0.6) is 0 Å². The minimum Gasteiger partial charge on any atom is -0.446 e. The van der Waals surface area contributed by atoms with Crippen molar-refractivity contribution in [2.45, 2.75) is 76.4 Å². The second kappa shape index (κ2) is 17.1. The molecule has 2 amide bonds. The molecule has 2 aromatic carbocycles. The summed E-state index contributed by atoms with van der Waals surface area (Å²) >= 11 is 0. The number of piperidine rings is 2. The van der Waals surface area contributed by atoms with Gasteiger partial charge in [-0.3, -0.25) is 10.1 Å². The topological polar surface area (TPSA) is 94.1 Å². The number of benzene rings is 2. The Hall–Kier alpha value is -2.94. The number of hydrogen-bond acceptors (Lipinski definition) is 6. The van der Waals surface area contributed by atoms with Gasteiger partial charge in [0, 0.05) is 50.8 Å². The Morgan fingerprint density at radius 1 is 0.878 bits per heavy atom. The molecule has 8 nitrogen and oxygen atoms in total. The maximum absolute atomic E-state index is 12.6. The predicted molar refractivity (Wildman–Crippen MR) is 164 cm³/mol. The minimum absolute atomic E-state index is 0.110. The van der Waals surface area contributed by atoms with Crippen LogP contribution in [0.2, 0.25) is 0 Å². The first kappa shape index (κ1) is 31.0. The van der Waals surface area contributed by atoms with Gasteiger partial charge in [-0.15, -0.1) is 0 Å². The van der Waals surface area contributed by atoms with Crippen LogP contribution in [0.25, 0.3) is 11.1 Å². The van der Waals surface area contributed by atoms with Gasteiger partial charge in [-0.1, -0.05) is 61.4 Å². The third-order valence-corrected chi connectivity index (χ3v) is 8.37. The summed E-state index contributed by atoms with van der Waals surface area (Å²) in [4.78, 5) is 29.8. The Morgan fingerprint density at radius 2 is 1.66 bits per heavy atom. The van der Waals surface area contributed by atoms with E-state index in [1.807, 2.05) is 54.6 Å². The predicted octanol–water partition coefficient (Wildman–Crippen LogP) is 5.28. The van der Waals surface area contributed by atoms with Gasteiger partial charge < -0.3 is 25.0 Å². The first-order valence-electron chi connectivity index (χ1n) is 15.6. The molecular weight excluding hydrogens is 516 g/mol. The van der Waals surface area contributed by atoms with Gasteiger partial charge in [-0.05, 0) is 69.7 Å². The zero-order chi connectivity index (χ0) is 28.7. The van der Waals surface area contributed by atoms with E-state index in [1.165, 1.54) is 19.3 Å². The van der Waals surface area contributed by atoms with Crippen LogP contribution in [0.4, 0.5) is 10.5 Å². The fraction of sp³-hybridized carbons (Fsp3) is 0.576. The maximum atomic E-state index is 12.6. The normalized spacial score (nSPS) is 18.6. The van der Waals surface area contributed by atoms with Crippen LogP contribution < -0.4 is 10.6 Å². The van der Waals surface area contributed by atoms with Crippen LogP contribution in [0.15, 0.2) is 54.6 Å². The smallest absolute Gasteiger partial charge is 0.411 e. The SMILES string of the molecule is O=C(CCN1CCC(OC(=O)Nc2ccccc2-c2ccccc2)CC1)NCCCCCN1CCCCC1CCO. The first-order chi connectivity index (χ1) is 20.1. The van der Waals surface area contributed by atoms with Gasteiger partial charge in [0.05, 0.1) is 5.69 Å². The van der Waals surface area contributed by atoms with Gasteiger partial charge in [-0.2, -0.15) is 0 Å². The molecule has 0 radical (unpaired) electrons. The summed E-state index contributed by atoms with van der Waals surface area (Å²) in [5.74, 6) is 0.110. The van der Waals surface area contributed by atoms with Gasteiger partial charge in [0.2, 0.25) is 5.91 Å². The molecule has 2 fully saturated rings. The van der Waals surface area contributed by atoms with E-state index in [2.05, 4.69) is 20.4 Å². The Balaban J connectivity index is 1.05. The molecular formula is C33H48N4O4. The Bertz CT molecular complexity index is 1060. The van der Waals surface area contributed by atoms with Crippen LogP contribution in [0, 0.1) is 0 Å². The van der Waals surface area contributed by atoms with Crippen LogP contribution in [-0.2, 0) is 9.53 Å². The molecule has 0 saturated carbocycles. The monoisotopic (exact) mass is 564 g/mol. The van der Waals surface area contributed by atoms with Crippen molar-refractivity contribution in [3.8, 4) is 11.1 Å². The van der Waals surface area contributed by atoms with E-state index in [0.717, 1.165) is 94.6 Å². The zero-order valence-electron chi connectivity index (χ0n) is 24.4. The van der Waals surface area contributed by atoms with Crippen molar-refractivity contribution in [3.05, 3.63) is 54.6 Å². The molecule has 2 aliphatic heterocycles. The van der Waals surface area contributed by atoms with Crippen LogP contribution in [-0.4, -0.2) is 84.9 Å². The van der Waals surface area contributed by atoms with Crippen LogP contribution in [0.1, 0.15) is 64.2 Å². The number of aliphatic hydroxyl groups is 1. The van der Waals surface area contributed by atoms with E-state index in [1.54, 1.807) is 0 Å². The van der Waals surface area contributed by atoms with Crippen molar-refractivity contribution in [1.82, 2.24) is 15.1 Å². The molecule has 8 heteroatoms. The standard InChI is InChI=1S/C33H48N4O4/c38-26-19-28-13-7-10-22-37(28)21-9-2-8-20-34-32(39)18-25-36-23-16-29(17-24-36)41-33(40)35-31-15-6-5-14-30(31)27-11-3-1-4-12-27/h1,3-6,11-12,14-15,28-29,38H,2,7-10,13,16-26H2,(H,34,39)(H,35,40). The number of nitrogens with one attached hydrogen (secondary N) is 2. The Kier molecular flexibility index (Phi) is 12.9. The molecule has 0 aliphatic carbocycles. The molecule has 1 unspecified atom stereocenters. The second-order valence-corrected chi connectivity index (χ2v) is 11.3. The molecule has 224 valence electrons. The summed E-state index contributed by atoms with van der Waals surface area (Å²) in [6.45, 7) is 5.64. The van der Waals surface area contributed by atoms with Crippen LogP contribution >= 0.6 is 0 Å². The van der Waals surface area contributed by atoms with Crippen molar-refractivity contribution in [2.24, 2.45) is 0 Å². The highest BCUT2D eigenvalue weighted by atomic mass is 16.6. The van der Waals surface area contributed by atoms with Crippen molar-refractivity contribution >= 4 is 17.7 Å². The summed E-state index contributed by atoms with van der Waals surface area (Å²) in [6.07, 6.45) is 9.40.